The van der Waals surface area contributed by atoms with E-state index in [1.807, 2.05) is 0 Å². The van der Waals surface area contributed by atoms with Crippen LogP contribution in [0.2, 0.25) is 0 Å². The molecule has 0 amide bonds. The van der Waals surface area contributed by atoms with Gasteiger partial charge in [0.1, 0.15) is 6.61 Å². The van der Waals surface area contributed by atoms with Crippen LogP contribution < -0.4 is 0 Å². The van der Waals surface area contributed by atoms with Crippen LogP contribution in [0.3, 0.4) is 0 Å². The molecule has 0 heterocycles. The summed E-state index contributed by atoms with van der Waals surface area (Å²) in [5.41, 5.74) is 0. The fourth-order valence-electron chi connectivity index (χ4n) is 7.44. The van der Waals surface area contributed by atoms with Crippen molar-refractivity contribution in [3.05, 3.63) is 97.2 Å². The summed E-state index contributed by atoms with van der Waals surface area (Å²) in [6, 6.07) is 0. The molecule has 0 aromatic heterocycles. The minimum atomic E-state index is -0.572. The van der Waals surface area contributed by atoms with E-state index in [2.05, 4.69) is 118 Å². The van der Waals surface area contributed by atoms with Crippen molar-refractivity contribution >= 4 is 11.9 Å². The lowest BCUT2D eigenvalue weighted by Gasteiger charge is -2.18. The highest BCUT2D eigenvalue weighted by molar-refractivity contribution is 5.70. The van der Waals surface area contributed by atoms with Crippen LogP contribution in [0.1, 0.15) is 252 Å². The van der Waals surface area contributed by atoms with Crippen molar-refractivity contribution in [1.82, 2.24) is 0 Å². The molecule has 378 valence electrons. The van der Waals surface area contributed by atoms with E-state index in [4.69, 9.17) is 14.2 Å². The van der Waals surface area contributed by atoms with Gasteiger partial charge in [0.15, 0.2) is 6.10 Å². The lowest BCUT2D eigenvalue weighted by atomic mass is 10.1. The number of hydrogen-bond acceptors (Lipinski definition) is 5. The molecular formula is C61H104O5. The Hall–Kier alpha value is -3.18. The summed E-state index contributed by atoms with van der Waals surface area (Å²) in [7, 11) is 0. The van der Waals surface area contributed by atoms with Crippen LogP contribution in [0, 0.1) is 0 Å². The lowest BCUT2D eigenvalue weighted by molar-refractivity contribution is -0.163. The van der Waals surface area contributed by atoms with Gasteiger partial charge in [0, 0.05) is 19.4 Å². The smallest absolute Gasteiger partial charge is 0.306 e. The number of ether oxygens (including phenoxy) is 3. The molecule has 0 spiro atoms. The molecule has 0 fully saturated rings. The molecule has 0 radical (unpaired) electrons. The largest absolute Gasteiger partial charge is 0.462 e. The molecule has 0 rings (SSSR count). The maximum absolute atomic E-state index is 12.8. The van der Waals surface area contributed by atoms with Gasteiger partial charge in [0.05, 0.1) is 6.61 Å². The Morgan fingerprint density at radius 3 is 1.14 bits per heavy atom. The fourth-order valence-corrected chi connectivity index (χ4v) is 7.44. The van der Waals surface area contributed by atoms with E-state index in [0.717, 1.165) is 103 Å². The molecule has 0 aliphatic heterocycles. The van der Waals surface area contributed by atoms with Gasteiger partial charge in [-0.25, -0.2) is 0 Å². The second kappa shape index (κ2) is 56.1. The zero-order valence-corrected chi connectivity index (χ0v) is 43.4. The summed E-state index contributed by atoms with van der Waals surface area (Å²) < 4.78 is 17.4. The Bertz CT molecular complexity index is 1270. The summed E-state index contributed by atoms with van der Waals surface area (Å²) in [5.74, 6) is -0.440. The van der Waals surface area contributed by atoms with Gasteiger partial charge >= 0.3 is 11.9 Å². The highest BCUT2D eigenvalue weighted by Gasteiger charge is 2.17. The van der Waals surface area contributed by atoms with E-state index in [9.17, 15) is 9.59 Å². The number of esters is 2. The molecular weight excluding hydrogens is 813 g/mol. The van der Waals surface area contributed by atoms with E-state index in [1.165, 1.54) is 116 Å². The van der Waals surface area contributed by atoms with Crippen molar-refractivity contribution in [1.29, 1.82) is 0 Å². The van der Waals surface area contributed by atoms with Gasteiger partial charge in [0.2, 0.25) is 0 Å². The van der Waals surface area contributed by atoms with E-state index < -0.39 is 6.10 Å². The van der Waals surface area contributed by atoms with Crippen molar-refractivity contribution in [3.63, 3.8) is 0 Å². The Labute approximate surface area is 409 Å². The summed E-state index contributed by atoms with van der Waals surface area (Å²) in [5, 5.41) is 0. The first-order chi connectivity index (χ1) is 32.6. The van der Waals surface area contributed by atoms with Crippen LogP contribution in [-0.4, -0.2) is 37.9 Å². The molecule has 0 aromatic carbocycles. The Balaban J connectivity index is 4.39. The molecule has 5 heteroatoms. The first-order valence-electron chi connectivity index (χ1n) is 27.8. The second-order valence-electron chi connectivity index (χ2n) is 18.1. The van der Waals surface area contributed by atoms with Crippen molar-refractivity contribution in [2.75, 3.05) is 19.8 Å². The first-order valence-corrected chi connectivity index (χ1v) is 27.8. The number of carbonyl (C=O) groups is 2. The third kappa shape index (κ3) is 53.4. The molecule has 0 saturated carbocycles. The summed E-state index contributed by atoms with van der Waals surface area (Å²) >= 11 is 0. The molecule has 0 aromatic rings. The minimum absolute atomic E-state index is 0.0562. The monoisotopic (exact) mass is 917 g/mol. The Morgan fingerprint density at radius 1 is 0.348 bits per heavy atom. The van der Waals surface area contributed by atoms with Gasteiger partial charge in [-0.15, -0.1) is 0 Å². The molecule has 5 nitrogen and oxygen atoms in total. The second-order valence-corrected chi connectivity index (χ2v) is 18.1. The number of hydrogen-bond donors (Lipinski definition) is 0. The predicted octanol–water partition coefficient (Wildman–Crippen LogP) is 19.0. The number of carbonyl (C=O) groups excluding carboxylic acids is 2. The van der Waals surface area contributed by atoms with Gasteiger partial charge in [0.25, 0.3) is 0 Å². The van der Waals surface area contributed by atoms with Gasteiger partial charge in [-0.05, 0) is 122 Å². The number of allylic oxidation sites excluding steroid dienone is 16. The van der Waals surface area contributed by atoms with Crippen LogP contribution >= 0.6 is 0 Å². The van der Waals surface area contributed by atoms with E-state index in [-0.39, 0.29) is 25.2 Å². The molecule has 1 unspecified atom stereocenters. The summed E-state index contributed by atoms with van der Waals surface area (Å²) in [6.45, 7) is 7.58. The van der Waals surface area contributed by atoms with Crippen LogP contribution in [0.5, 0.6) is 0 Å². The highest BCUT2D eigenvalue weighted by Crippen LogP contribution is 2.14. The Kier molecular flexibility index (Phi) is 53.4. The molecule has 0 aliphatic carbocycles. The minimum Gasteiger partial charge on any atom is -0.462 e. The van der Waals surface area contributed by atoms with E-state index >= 15 is 0 Å². The van der Waals surface area contributed by atoms with Crippen LogP contribution in [-0.2, 0) is 23.8 Å². The van der Waals surface area contributed by atoms with Crippen LogP contribution in [0.4, 0.5) is 0 Å². The van der Waals surface area contributed by atoms with Crippen molar-refractivity contribution < 1.29 is 23.8 Å². The number of unbranched alkanes of at least 4 members (excludes halogenated alkanes) is 23. The molecule has 0 saturated heterocycles. The van der Waals surface area contributed by atoms with E-state index in [0.29, 0.717) is 19.4 Å². The molecule has 0 N–H and O–H groups in total. The predicted molar refractivity (Wildman–Crippen MR) is 288 cm³/mol. The normalized spacial score (nSPS) is 13.0. The van der Waals surface area contributed by atoms with Gasteiger partial charge in [-0.1, -0.05) is 214 Å². The van der Waals surface area contributed by atoms with Crippen molar-refractivity contribution in [2.24, 2.45) is 0 Å². The Morgan fingerprint density at radius 2 is 0.682 bits per heavy atom. The van der Waals surface area contributed by atoms with Crippen molar-refractivity contribution in [2.45, 2.75) is 258 Å². The standard InChI is InChI=1S/C61H104O5/c1-4-7-10-13-16-19-22-25-28-30-32-35-38-41-44-47-50-53-56-64-57-59(66-61(63)55-52-49-46-43-40-37-33-27-24-21-18-15-12-9-6-3)58-65-60(62)54-51-48-45-42-39-36-34-31-29-26-23-20-17-14-11-8-5-2/h7,10,16-17,19-20,25-29,32-33,35,41,44,59H,4-6,8-9,11-15,18,21-24,30-31,34,36-40,42-43,45-58H2,1-3H3/b10-7-,19-16-,20-17-,28-25-,29-26-,33-27-,35-32-,44-41-. The first kappa shape index (κ1) is 62.8. The topological polar surface area (TPSA) is 61.8 Å². The third-order valence-electron chi connectivity index (χ3n) is 11.6. The molecule has 0 aliphatic rings. The average molecular weight is 917 g/mol. The quantitative estimate of drug-likeness (QED) is 0.0346. The third-order valence-corrected chi connectivity index (χ3v) is 11.6. The molecule has 0 bridgehead atoms. The fraction of sp³-hybridized carbons (Fsp3) is 0.705. The highest BCUT2D eigenvalue weighted by atomic mass is 16.6. The summed E-state index contributed by atoms with van der Waals surface area (Å²) in [6.07, 6.45) is 75.7. The van der Waals surface area contributed by atoms with Crippen molar-refractivity contribution in [3.8, 4) is 0 Å². The zero-order chi connectivity index (χ0) is 47.7. The van der Waals surface area contributed by atoms with Gasteiger partial charge in [-0.3, -0.25) is 9.59 Å². The molecule has 66 heavy (non-hydrogen) atoms. The van der Waals surface area contributed by atoms with Gasteiger partial charge < -0.3 is 14.2 Å². The SMILES string of the molecule is CC/C=C\C/C=C\C/C=C\C/C=C\C/C=C\CCCCOCC(COC(=O)CCCCCCCCC/C=C\C/C=C\CCCCC)OC(=O)CCCCCCC/C=C\CCCCCCCC. The average Bonchev–Trinajstić information content (AvgIpc) is 3.32. The van der Waals surface area contributed by atoms with Crippen LogP contribution in [0.15, 0.2) is 97.2 Å². The van der Waals surface area contributed by atoms with E-state index in [1.54, 1.807) is 0 Å². The van der Waals surface area contributed by atoms with Crippen LogP contribution in [0.25, 0.3) is 0 Å². The summed E-state index contributed by atoms with van der Waals surface area (Å²) in [4.78, 5) is 25.5. The zero-order valence-electron chi connectivity index (χ0n) is 43.4. The maximum Gasteiger partial charge on any atom is 0.306 e. The number of rotatable bonds is 50. The van der Waals surface area contributed by atoms with Gasteiger partial charge in [-0.2, -0.15) is 0 Å². The maximum atomic E-state index is 12.8. The lowest BCUT2D eigenvalue weighted by Crippen LogP contribution is -2.30. The molecule has 1 atom stereocenters.